The number of ether oxygens (including phenoxy) is 1. The molecule has 1 saturated carbocycles. The van der Waals surface area contributed by atoms with Gasteiger partial charge in [-0.05, 0) is 76.5 Å². The lowest BCUT2D eigenvalue weighted by Gasteiger charge is -2.48. The summed E-state index contributed by atoms with van der Waals surface area (Å²) >= 11 is 0. The monoisotopic (exact) mass is 500 g/mol. The maximum Gasteiger partial charge on any atom is 0.420 e. The van der Waals surface area contributed by atoms with Gasteiger partial charge in [-0.15, -0.1) is 12.4 Å². The molecule has 1 aromatic heterocycles. The molecule has 2 aromatic rings. The molecule has 186 valence electrons. The molecule has 1 aromatic carbocycles. The average Bonchev–Trinajstić information content (AvgIpc) is 3.06. The lowest BCUT2D eigenvalue weighted by Crippen LogP contribution is -2.53. The Morgan fingerprint density at radius 1 is 1.15 bits per heavy atom. The van der Waals surface area contributed by atoms with Crippen molar-refractivity contribution in [1.82, 2.24) is 9.47 Å². The fourth-order valence-electron chi connectivity index (χ4n) is 5.55. The molecule has 2 aliphatic rings. The van der Waals surface area contributed by atoms with Crippen LogP contribution in [0, 0.1) is 6.92 Å². The van der Waals surface area contributed by atoms with Crippen LogP contribution in [0.1, 0.15) is 70.4 Å². The SMILES string of the molecule is CCCOC1CCC(C)(N2CCC(n3c(=O)oc4cc(C)c(S(C)(=O)=O)cc43)CC2)CC1.Cl. The Bertz CT molecular complexity index is 1120. The molecular formula is C24H37ClN2O5S. The summed E-state index contributed by atoms with van der Waals surface area (Å²) in [4.78, 5) is 15.5. The second-order valence-corrected chi connectivity index (χ2v) is 11.9. The summed E-state index contributed by atoms with van der Waals surface area (Å²) in [7, 11) is -3.38. The number of oxazole rings is 1. The highest BCUT2D eigenvalue weighted by atomic mass is 35.5. The molecule has 0 spiro atoms. The number of rotatable bonds is 6. The molecule has 0 radical (unpaired) electrons. The van der Waals surface area contributed by atoms with Gasteiger partial charge in [0.25, 0.3) is 0 Å². The molecule has 7 nitrogen and oxygen atoms in total. The fourth-order valence-corrected chi connectivity index (χ4v) is 6.52. The van der Waals surface area contributed by atoms with E-state index >= 15 is 0 Å². The quantitative estimate of drug-likeness (QED) is 0.581. The van der Waals surface area contributed by atoms with Crippen molar-refractivity contribution in [3.05, 3.63) is 28.2 Å². The first-order valence-corrected chi connectivity index (χ1v) is 13.7. The Labute approximate surface area is 202 Å². The molecule has 4 rings (SSSR count). The van der Waals surface area contributed by atoms with Crippen molar-refractivity contribution in [3.8, 4) is 0 Å². The molecule has 0 N–H and O–H groups in total. The van der Waals surface area contributed by atoms with E-state index in [1.807, 2.05) is 0 Å². The van der Waals surface area contributed by atoms with Crippen LogP contribution < -0.4 is 5.76 Å². The summed E-state index contributed by atoms with van der Waals surface area (Å²) in [5.74, 6) is -0.400. The van der Waals surface area contributed by atoms with E-state index in [9.17, 15) is 13.2 Å². The maximum atomic E-state index is 12.7. The van der Waals surface area contributed by atoms with Crippen LogP contribution in [0.25, 0.3) is 11.1 Å². The summed E-state index contributed by atoms with van der Waals surface area (Å²) in [6.45, 7) is 8.94. The third-order valence-electron chi connectivity index (χ3n) is 7.47. The van der Waals surface area contributed by atoms with Crippen LogP contribution in [0.4, 0.5) is 0 Å². The predicted octanol–water partition coefficient (Wildman–Crippen LogP) is 4.49. The molecule has 0 amide bonds. The summed E-state index contributed by atoms with van der Waals surface area (Å²) in [6.07, 6.45) is 8.84. The van der Waals surface area contributed by atoms with Gasteiger partial charge in [0.2, 0.25) is 0 Å². The standard InChI is InChI=1S/C24H36N2O5S.ClH/c1-5-14-30-19-6-10-24(3,11-7-19)25-12-8-18(9-13-25)26-20-16-22(32(4,28)29)17(2)15-21(20)31-23(26)27;/h15-16,18-19H,5-14H2,1-4H3;1H. The maximum absolute atomic E-state index is 12.7. The van der Waals surface area contributed by atoms with E-state index in [1.54, 1.807) is 23.6 Å². The van der Waals surface area contributed by atoms with E-state index in [0.29, 0.717) is 22.8 Å². The Kier molecular flexibility index (Phi) is 8.04. The molecule has 1 aliphatic heterocycles. The van der Waals surface area contributed by atoms with Gasteiger partial charge in [-0.3, -0.25) is 9.47 Å². The molecule has 2 fully saturated rings. The van der Waals surface area contributed by atoms with Crippen molar-refractivity contribution in [3.63, 3.8) is 0 Å². The number of aromatic nitrogens is 1. The van der Waals surface area contributed by atoms with Gasteiger partial charge < -0.3 is 9.15 Å². The van der Waals surface area contributed by atoms with Gasteiger partial charge in [0.15, 0.2) is 15.4 Å². The van der Waals surface area contributed by atoms with Crippen molar-refractivity contribution in [2.24, 2.45) is 0 Å². The van der Waals surface area contributed by atoms with E-state index in [1.165, 1.54) is 6.26 Å². The number of sulfone groups is 1. The van der Waals surface area contributed by atoms with Gasteiger partial charge in [0, 0.05) is 37.5 Å². The summed E-state index contributed by atoms with van der Waals surface area (Å²) in [5.41, 5.74) is 1.82. The number of likely N-dealkylation sites (tertiary alicyclic amines) is 1. The van der Waals surface area contributed by atoms with Crippen molar-refractivity contribution in [2.75, 3.05) is 26.0 Å². The van der Waals surface area contributed by atoms with Crippen LogP contribution in [0.2, 0.25) is 0 Å². The minimum Gasteiger partial charge on any atom is -0.408 e. The zero-order chi connectivity index (χ0) is 23.1. The number of piperidine rings is 1. The van der Waals surface area contributed by atoms with E-state index < -0.39 is 15.6 Å². The Hall–Kier alpha value is -1.35. The highest BCUT2D eigenvalue weighted by Crippen LogP contribution is 2.38. The first-order valence-electron chi connectivity index (χ1n) is 11.8. The molecule has 1 aliphatic carbocycles. The molecule has 0 unspecified atom stereocenters. The third kappa shape index (κ3) is 5.34. The molecule has 1 saturated heterocycles. The van der Waals surface area contributed by atoms with Crippen molar-refractivity contribution < 1.29 is 17.6 Å². The highest BCUT2D eigenvalue weighted by Gasteiger charge is 2.39. The fraction of sp³-hybridized carbons (Fsp3) is 0.708. The summed E-state index contributed by atoms with van der Waals surface area (Å²) in [6, 6.07) is 3.29. The van der Waals surface area contributed by atoms with Crippen LogP contribution in [0.15, 0.2) is 26.2 Å². The number of nitrogens with zero attached hydrogens (tertiary/aromatic N) is 2. The van der Waals surface area contributed by atoms with Crippen molar-refractivity contribution in [2.45, 2.75) is 88.3 Å². The topological polar surface area (TPSA) is 81.8 Å². The van der Waals surface area contributed by atoms with E-state index in [0.717, 1.165) is 64.6 Å². The zero-order valence-corrected chi connectivity index (χ0v) is 21.8. The van der Waals surface area contributed by atoms with Gasteiger partial charge in [0.1, 0.15) is 0 Å². The average molecular weight is 501 g/mol. The lowest BCUT2D eigenvalue weighted by molar-refractivity contribution is -0.0306. The Morgan fingerprint density at radius 3 is 2.36 bits per heavy atom. The number of fused-ring (bicyclic) bond motifs is 1. The Balaban J connectivity index is 0.00000306. The largest absolute Gasteiger partial charge is 0.420 e. The number of hydrogen-bond donors (Lipinski definition) is 0. The van der Waals surface area contributed by atoms with Crippen LogP contribution in [0.3, 0.4) is 0 Å². The first-order chi connectivity index (χ1) is 15.1. The minimum atomic E-state index is -3.38. The third-order valence-corrected chi connectivity index (χ3v) is 8.71. The molecule has 2 heterocycles. The first kappa shape index (κ1) is 26.3. The van der Waals surface area contributed by atoms with E-state index in [2.05, 4.69) is 18.7 Å². The second kappa shape index (κ2) is 10.1. The van der Waals surface area contributed by atoms with Crippen LogP contribution in [-0.4, -0.2) is 55.5 Å². The van der Waals surface area contributed by atoms with Gasteiger partial charge in [-0.1, -0.05) is 6.92 Å². The van der Waals surface area contributed by atoms with Crippen LogP contribution >= 0.6 is 12.4 Å². The Morgan fingerprint density at radius 2 is 1.79 bits per heavy atom. The van der Waals surface area contributed by atoms with Crippen molar-refractivity contribution in [1.29, 1.82) is 0 Å². The smallest absolute Gasteiger partial charge is 0.408 e. The van der Waals surface area contributed by atoms with Gasteiger partial charge in [-0.25, -0.2) is 13.2 Å². The normalized spacial score (nSPS) is 25.3. The summed E-state index contributed by atoms with van der Waals surface area (Å²) < 4.78 is 37.5. The predicted molar refractivity (Wildman–Crippen MR) is 132 cm³/mol. The molecule has 9 heteroatoms. The molecule has 33 heavy (non-hydrogen) atoms. The molecule has 0 atom stereocenters. The number of benzene rings is 1. The lowest BCUT2D eigenvalue weighted by atomic mass is 9.79. The van der Waals surface area contributed by atoms with Crippen LogP contribution in [0.5, 0.6) is 0 Å². The van der Waals surface area contributed by atoms with Gasteiger partial charge in [0.05, 0.1) is 16.5 Å². The highest BCUT2D eigenvalue weighted by molar-refractivity contribution is 7.90. The second-order valence-electron chi connectivity index (χ2n) is 9.88. The number of aryl methyl sites for hydroxylation is 1. The van der Waals surface area contributed by atoms with E-state index in [4.69, 9.17) is 9.15 Å². The van der Waals surface area contributed by atoms with Crippen molar-refractivity contribution >= 4 is 33.3 Å². The minimum absolute atomic E-state index is 0. The number of hydrogen-bond acceptors (Lipinski definition) is 6. The van der Waals surface area contributed by atoms with Gasteiger partial charge in [-0.2, -0.15) is 0 Å². The zero-order valence-electron chi connectivity index (χ0n) is 20.1. The summed E-state index contributed by atoms with van der Waals surface area (Å²) in [5, 5.41) is 0. The number of halogens is 1. The molecular weight excluding hydrogens is 464 g/mol. The molecule has 0 bridgehead atoms. The van der Waals surface area contributed by atoms with E-state index in [-0.39, 0.29) is 28.9 Å². The van der Waals surface area contributed by atoms with Crippen LogP contribution in [-0.2, 0) is 14.6 Å². The van der Waals surface area contributed by atoms with Gasteiger partial charge >= 0.3 is 5.76 Å².